The number of halogens is 4. The molecule has 2 aromatic carbocycles. The number of hydrogen-bond acceptors (Lipinski definition) is 2. The molecule has 2 rings (SSSR count). The summed E-state index contributed by atoms with van der Waals surface area (Å²) in [6, 6.07) is 7.36. The lowest BCUT2D eigenvalue weighted by molar-refractivity contribution is 0.628. The van der Waals surface area contributed by atoms with E-state index in [0.717, 1.165) is 0 Å². The van der Waals surface area contributed by atoms with E-state index in [2.05, 4.69) is 5.32 Å². The van der Waals surface area contributed by atoms with Gasteiger partial charge in [-0.15, -0.1) is 0 Å². The highest BCUT2D eigenvalue weighted by molar-refractivity contribution is 7.80. The van der Waals surface area contributed by atoms with E-state index in [9.17, 15) is 4.39 Å². The lowest BCUT2D eigenvalue weighted by atomic mass is 10.2. The molecule has 0 bridgehead atoms. The van der Waals surface area contributed by atoms with Crippen LogP contribution in [0.5, 0.6) is 0 Å². The van der Waals surface area contributed by atoms with Crippen LogP contribution in [0.25, 0.3) is 0 Å². The van der Waals surface area contributed by atoms with Crippen molar-refractivity contribution in [1.82, 2.24) is 0 Å². The molecular weight excluding hydrogens is 342 g/mol. The molecule has 3 N–H and O–H groups in total. The van der Waals surface area contributed by atoms with Crippen molar-refractivity contribution >= 4 is 63.4 Å². The van der Waals surface area contributed by atoms with E-state index in [1.54, 1.807) is 18.2 Å². The molecule has 0 aromatic heterocycles. The second-order valence-electron chi connectivity index (χ2n) is 3.93. The summed E-state index contributed by atoms with van der Waals surface area (Å²) in [5, 5.41) is 3.72. The summed E-state index contributed by atoms with van der Waals surface area (Å²) in [4.78, 5) is 0.208. The van der Waals surface area contributed by atoms with E-state index >= 15 is 0 Å². The van der Waals surface area contributed by atoms with Gasteiger partial charge < -0.3 is 11.1 Å². The molecule has 0 aliphatic carbocycles. The highest BCUT2D eigenvalue weighted by atomic mass is 35.5. The van der Waals surface area contributed by atoms with E-state index in [4.69, 9.17) is 52.8 Å². The SMILES string of the molecule is NC(=S)c1ccc(Nc2c(Cl)cc(F)cc2Cl)cc1Cl. The fraction of sp³-hybridized carbons (Fsp3) is 0. The van der Waals surface area contributed by atoms with Gasteiger partial charge in [0, 0.05) is 11.3 Å². The lowest BCUT2D eigenvalue weighted by Gasteiger charge is -2.12. The monoisotopic (exact) mass is 348 g/mol. The molecular formula is C13H8Cl3FN2S. The highest BCUT2D eigenvalue weighted by Gasteiger charge is 2.10. The van der Waals surface area contributed by atoms with Gasteiger partial charge in [-0.3, -0.25) is 0 Å². The maximum absolute atomic E-state index is 13.1. The van der Waals surface area contributed by atoms with Crippen molar-refractivity contribution in [2.75, 3.05) is 5.32 Å². The molecule has 0 spiro atoms. The van der Waals surface area contributed by atoms with Crippen molar-refractivity contribution in [3.05, 3.63) is 56.8 Å². The minimum absolute atomic E-state index is 0.171. The quantitative estimate of drug-likeness (QED) is 0.751. The van der Waals surface area contributed by atoms with Gasteiger partial charge in [0.1, 0.15) is 10.8 Å². The summed E-state index contributed by atoms with van der Waals surface area (Å²) in [7, 11) is 0. The smallest absolute Gasteiger partial charge is 0.126 e. The molecule has 0 radical (unpaired) electrons. The predicted octanol–water partition coefficient (Wildman–Crippen LogP) is 5.16. The predicted molar refractivity (Wildman–Crippen MR) is 87.0 cm³/mol. The Hall–Kier alpha value is -1.07. The van der Waals surface area contributed by atoms with Crippen molar-refractivity contribution in [3.8, 4) is 0 Å². The van der Waals surface area contributed by atoms with Gasteiger partial charge in [-0.1, -0.05) is 47.0 Å². The molecule has 2 nitrogen and oxygen atoms in total. The van der Waals surface area contributed by atoms with Gasteiger partial charge in [0.15, 0.2) is 0 Å². The lowest BCUT2D eigenvalue weighted by Crippen LogP contribution is -2.10. The van der Waals surface area contributed by atoms with Gasteiger partial charge in [-0.2, -0.15) is 0 Å². The fourth-order valence-corrected chi connectivity index (χ4v) is 2.67. The molecule has 0 amide bonds. The van der Waals surface area contributed by atoms with E-state index in [1.165, 1.54) is 12.1 Å². The Morgan fingerprint density at radius 1 is 1.05 bits per heavy atom. The van der Waals surface area contributed by atoms with Crippen LogP contribution < -0.4 is 11.1 Å². The normalized spacial score (nSPS) is 10.4. The van der Waals surface area contributed by atoms with Crippen molar-refractivity contribution < 1.29 is 4.39 Å². The number of thiocarbonyl (C=S) groups is 1. The number of hydrogen-bond donors (Lipinski definition) is 2. The number of benzene rings is 2. The van der Waals surface area contributed by atoms with Gasteiger partial charge in [0.25, 0.3) is 0 Å². The Balaban J connectivity index is 2.36. The molecule has 0 saturated carbocycles. The number of nitrogens with one attached hydrogen (secondary N) is 1. The van der Waals surface area contributed by atoms with E-state index in [1.807, 2.05) is 0 Å². The zero-order valence-electron chi connectivity index (χ0n) is 9.88. The minimum atomic E-state index is -0.507. The van der Waals surface area contributed by atoms with Crippen LogP contribution >= 0.6 is 47.0 Å². The van der Waals surface area contributed by atoms with Crippen molar-refractivity contribution in [3.63, 3.8) is 0 Å². The first kappa shape index (κ1) is 15.3. The van der Waals surface area contributed by atoms with Crippen molar-refractivity contribution in [1.29, 1.82) is 0 Å². The molecule has 2 aromatic rings. The van der Waals surface area contributed by atoms with Crippen molar-refractivity contribution in [2.24, 2.45) is 5.73 Å². The van der Waals surface area contributed by atoms with Crippen LogP contribution in [0.2, 0.25) is 15.1 Å². The molecule has 0 aliphatic heterocycles. The average Bonchev–Trinajstić information content (AvgIpc) is 2.33. The summed E-state index contributed by atoms with van der Waals surface area (Å²) in [5.41, 5.74) is 7.12. The van der Waals surface area contributed by atoms with Crippen LogP contribution in [0.15, 0.2) is 30.3 Å². The zero-order chi connectivity index (χ0) is 14.9. The molecule has 0 aliphatic rings. The first-order chi connectivity index (χ1) is 9.38. The summed E-state index contributed by atoms with van der Waals surface area (Å²) >= 11 is 22.8. The molecule has 20 heavy (non-hydrogen) atoms. The van der Waals surface area contributed by atoms with Crippen LogP contribution in [0.1, 0.15) is 5.56 Å². The Bertz CT molecular complexity index is 668. The molecule has 7 heteroatoms. The van der Waals surface area contributed by atoms with Crippen molar-refractivity contribution in [2.45, 2.75) is 0 Å². The average molecular weight is 350 g/mol. The van der Waals surface area contributed by atoms with E-state index in [0.29, 0.717) is 22.0 Å². The number of rotatable bonds is 3. The molecule has 104 valence electrons. The summed E-state index contributed by atoms with van der Waals surface area (Å²) in [6.45, 7) is 0. The molecule has 0 fully saturated rings. The summed E-state index contributed by atoms with van der Waals surface area (Å²) < 4.78 is 13.1. The first-order valence-corrected chi connectivity index (χ1v) is 6.93. The Labute approximate surface area is 135 Å². The second kappa shape index (κ2) is 6.14. The Kier molecular flexibility index (Phi) is 4.70. The molecule has 0 heterocycles. The number of nitrogens with two attached hydrogens (primary N) is 1. The first-order valence-electron chi connectivity index (χ1n) is 5.39. The highest BCUT2D eigenvalue weighted by Crippen LogP contribution is 2.34. The maximum atomic E-state index is 13.1. The van der Waals surface area contributed by atoms with Gasteiger partial charge in [0.05, 0.1) is 20.8 Å². The van der Waals surface area contributed by atoms with Gasteiger partial charge in [0.2, 0.25) is 0 Å². The Morgan fingerprint density at radius 2 is 1.65 bits per heavy atom. The Morgan fingerprint density at radius 3 is 2.15 bits per heavy atom. The molecule has 0 saturated heterocycles. The minimum Gasteiger partial charge on any atom is -0.389 e. The van der Waals surface area contributed by atoms with Crippen LogP contribution in [-0.2, 0) is 0 Å². The van der Waals surface area contributed by atoms with Crippen LogP contribution in [0, 0.1) is 5.82 Å². The van der Waals surface area contributed by atoms with Crippen LogP contribution in [0.4, 0.5) is 15.8 Å². The standard InChI is InChI=1S/C13H8Cl3FN2S/c14-9-5-7(1-2-8(9)13(18)20)19-12-10(15)3-6(17)4-11(12)16/h1-5,19H,(H2,18,20). The third kappa shape index (κ3) is 3.33. The second-order valence-corrected chi connectivity index (χ2v) is 5.59. The van der Waals surface area contributed by atoms with Gasteiger partial charge >= 0.3 is 0 Å². The molecule has 0 atom stereocenters. The largest absolute Gasteiger partial charge is 0.389 e. The maximum Gasteiger partial charge on any atom is 0.126 e. The van der Waals surface area contributed by atoms with Gasteiger partial charge in [-0.25, -0.2) is 4.39 Å². The molecule has 0 unspecified atom stereocenters. The summed E-state index contributed by atoms with van der Waals surface area (Å²) in [6.07, 6.45) is 0. The van der Waals surface area contributed by atoms with E-state index < -0.39 is 5.82 Å². The van der Waals surface area contributed by atoms with E-state index in [-0.39, 0.29) is 15.0 Å². The third-order valence-corrected chi connectivity index (χ3v) is 3.64. The van der Waals surface area contributed by atoms with Crippen LogP contribution in [0.3, 0.4) is 0 Å². The van der Waals surface area contributed by atoms with Crippen LogP contribution in [-0.4, -0.2) is 4.99 Å². The number of anilines is 2. The topological polar surface area (TPSA) is 38.0 Å². The fourth-order valence-electron chi connectivity index (χ4n) is 1.60. The zero-order valence-corrected chi connectivity index (χ0v) is 13.0. The van der Waals surface area contributed by atoms with Gasteiger partial charge in [-0.05, 0) is 30.3 Å². The third-order valence-electron chi connectivity index (χ3n) is 2.51. The summed E-state index contributed by atoms with van der Waals surface area (Å²) in [5.74, 6) is -0.507.